The first-order valence-electron chi connectivity index (χ1n) is 27.6. The molecule has 0 amide bonds. The summed E-state index contributed by atoms with van der Waals surface area (Å²) in [4.78, 5) is 38.0. The van der Waals surface area contributed by atoms with Crippen molar-refractivity contribution in [3.63, 3.8) is 0 Å². The van der Waals surface area contributed by atoms with Crippen molar-refractivity contribution in [2.75, 3.05) is 13.2 Å². The molecule has 0 heterocycles. The smallest absolute Gasteiger partial charge is 0.306 e. The van der Waals surface area contributed by atoms with Crippen molar-refractivity contribution in [3.05, 3.63) is 48.6 Å². The molecular weight excluding hydrogens is 793 g/mol. The van der Waals surface area contributed by atoms with Crippen molar-refractivity contribution >= 4 is 17.9 Å². The maximum absolute atomic E-state index is 12.8. The van der Waals surface area contributed by atoms with E-state index in [1.165, 1.54) is 154 Å². The molecule has 0 N–H and O–H groups in total. The molecule has 0 aromatic carbocycles. The van der Waals surface area contributed by atoms with E-state index in [1.54, 1.807) is 0 Å². The minimum Gasteiger partial charge on any atom is -0.462 e. The van der Waals surface area contributed by atoms with Gasteiger partial charge in [-0.2, -0.15) is 0 Å². The van der Waals surface area contributed by atoms with Crippen molar-refractivity contribution in [3.8, 4) is 0 Å². The molecule has 0 bridgehead atoms. The van der Waals surface area contributed by atoms with Crippen LogP contribution in [-0.2, 0) is 28.6 Å². The van der Waals surface area contributed by atoms with Crippen molar-refractivity contribution < 1.29 is 28.6 Å². The molecule has 0 aromatic rings. The first-order chi connectivity index (χ1) is 31.5. The molecule has 1 atom stereocenters. The molecule has 0 aromatic heterocycles. The van der Waals surface area contributed by atoms with Gasteiger partial charge in [-0.25, -0.2) is 0 Å². The van der Waals surface area contributed by atoms with Gasteiger partial charge in [0.1, 0.15) is 13.2 Å². The normalized spacial score (nSPS) is 12.4. The largest absolute Gasteiger partial charge is 0.462 e. The van der Waals surface area contributed by atoms with Crippen molar-refractivity contribution in [1.29, 1.82) is 0 Å². The Morgan fingerprint density at radius 1 is 0.312 bits per heavy atom. The van der Waals surface area contributed by atoms with E-state index in [2.05, 4.69) is 69.4 Å². The molecule has 0 rings (SSSR count). The van der Waals surface area contributed by atoms with Crippen molar-refractivity contribution in [1.82, 2.24) is 0 Å². The van der Waals surface area contributed by atoms with E-state index in [0.717, 1.165) is 89.9 Å². The Bertz CT molecular complexity index is 1120. The molecule has 0 aliphatic carbocycles. The number of hydrogen-bond donors (Lipinski definition) is 0. The van der Waals surface area contributed by atoms with E-state index in [-0.39, 0.29) is 31.1 Å². The van der Waals surface area contributed by atoms with Gasteiger partial charge in [-0.05, 0) is 83.5 Å². The molecule has 6 nitrogen and oxygen atoms in total. The SMILES string of the molecule is CCCCC/C=C\C/C=C\CCCCCCCCCCCC(=O)OCC(COC(=O)CCCCCCCCCCCCC)OC(=O)CCCCCCC/C=C\C/C=C\CCCCCC. The first kappa shape index (κ1) is 61.4. The average Bonchev–Trinajstić information content (AvgIpc) is 3.29. The Morgan fingerprint density at radius 2 is 0.562 bits per heavy atom. The number of hydrogen-bond acceptors (Lipinski definition) is 6. The predicted molar refractivity (Wildman–Crippen MR) is 275 cm³/mol. The van der Waals surface area contributed by atoms with Crippen LogP contribution < -0.4 is 0 Å². The molecule has 0 radical (unpaired) electrons. The highest BCUT2D eigenvalue weighted by molar-refractivity contribution is 5.71. The molecular formula is C58H104O6. The fourth-order valence-electron chi connectivity index (χ4n) is 7.86. The maximum atomic E-state index is 12.8. The Kier molecular flexibility index (Phi) is 50.8. The van der Waals surface area contributed by atoms with E-state index in [9.17, 15) is 14.4 Å². The van der Waals surface area contributed by atoms with Crippen LogP contribution in [0.3, 0.4) is 0 Å². The summed E-state index contributed by atoms with van der Waals surface area (Å²) in [6.07, 6.45) is 63.8. The number of allylic oxidation sites excluding steroid dienone is 8. The zero-order valence-corrected chi connectivity index (χ0v) is 42.6. The number of ether oxygens (including phenoxy) is 3. The van der Waals surface area contributed by atoms with Crippen LogP contribution in [0.15, 0.2) is 48.6 Å². The molecule has 0 fully saturated rings. The second-order valence-corrected chi connectivity index (χ2v) is 18.5. The van der Waals surface area contributed by atoms with E-state index in [0.29, 0.717) is 19.3 Å². The summed E-state index contributed by atoms with van der Waals surface area (Å²) in [7, 11) is 0. The van der Waals surface area contributed by atoms with Gasteiger partial charge in [-0.3, -0.25) is 14.4 Å². The lowest BCUT2D eigenvalue weighted by Gasteiger charge is -2.18. The third-order valence-corrected chi connectivity index (χ3v) is 12.1. The Labute approximate surface area is 397 Å². The summed E-state index contributed by atoms with van der Waals surface area (Å²) in [6, 6.07) is 0. The number of esters is 3. The number of rotatable bonds is 50. The topological polar surface area (TPSA) is 78.9 Å². The highest BCUT2D eigenvalue weighted by Crippen LogP contribution is 2.15. The maximum Gasteiger partial charge on any atom is 0.306 e. The van der Waals surface area contributed by atoms with Gasteiger partial charge >= 0.3 is 17.9 Å². The van der Waals surface area contributed by atoms with Gasteiger partial charge < -0.3 is 14.2 Å². The van der Waals surface area contributed by atoms with Crippen LogP contribution in [0.2, 0.25) is 0 Å². The minimum atomic E-state index is -0.779. The fraction of sp³-hybridized carbons (Fsp3) is 0.810. The van der Waals surface area contributed by atoms with E-state index in [1.807, 2.05) is 0 Å². The van der Waals surface area contributed by atoms with Crippen LogP contribution in [-0.4, -0.2) is 37.2 Å². The van der Waals surface area contributed by atoms with E-state index in [4.69, 9.17) is 14.2 Å². The van der Waals surface area contributed by atoms with Gasteiger partial charge in [0.2, 0.25) is 0 Å². The zero-order chi connectivity index (χ0) is 46.5. The van der Waals surface area contributed by atoms with Crippen molar-refractivity contribution in [2.45, 2.75) is 290 Å². The van der Waals surface area contributed by atoms with E-state index >= 15 is 0 Å². The highest BCUT2D eigenvalue weighted by Gasteiger charge is 2.19. The predicted octanol–water partition coefficient (Wildman–Crippen LogP) is 18.3. The first-order valence-corrected chi connectivity index (χ1v) is 27.6. The molecule has 1 unspecified atom stereocenters. The highest BCUT2D eigenvalue weighted by atomic mass is 16.6. The van der Waals surface area contributed by atoms with Gasteiger partial charge in [-0.15, -0.1) is 0 Å². The summed E-state index contributed by atoms with van der Waals surface area (Å²) in [5.74, 6) is -0.886. The third-order valence-electron chi connectivity index (χ3n) is 12.1. The summed E-state index contributed by atoms with van der Waals surface area (Å²) in [5, 5.41) is 0. The van der Waals surface area contributed by atoms with Crippen LogP contribution in [0.25, 0.3) is 0 Å². The third kappa shape index (κ3) is 50.4. The Morgan fingerprint density at radius 3 is 0.906 bits per heavy atom. The zero-order valence-electron chi connectivity index (χ0n) is 42.6. The van der Waals surface area contributed by atoms with Gasteiger partial charge in [0.15, 0.2) is 6.10 Å². The number of carbonyl (C=O) groups is 3. The molecule has 0 spiro atoms. The molecule has 0 aliphatic rings. The lowest BCUT2D eigenvalue weighted by molar-refractivity contribution is -0.167. The molecule has 0 aliphatic heterocycles. The van der Waals surface area contributed by atoms with Gasteiger partial charge in [0.05, 0.1) is 0 Å². The van der Waals surface area contributed by atoms with Crippen LogP contribution in [0, 0.1) is 0 Å². The van der Waals surface area contributed by atoms with Crippen LogP contribution >= 0.6 is 0 Å². The van der Waals surface area contributed by atoms with Crippen LogP contribution in [0.4, 0.5) is 0 Å². The lowest BCUT2D eigenvalue weighted by atomic mass is 10.1. The van der Waals surface area contributed by atoms with Crippen LogP contribution in [0.5, 0.6) is 0 Å². The quantitative estimate of drug-likeness (QED) is 0.0262. The molecule has 64 heavy (non-hydrogen) atoms. The Balaban J connectivity index is 4.35. The standard InChI is InChI=1S/C58H104O6/c1-4-7-10-13-16-19-22-24-26-28-29-30-32-33-36-39-42-45-48-51-57(60)63-54-55(53-62-56(59)50-47-44-41-38-35-21-18-15-12-9-6-3)64-58(61)52-49-46-43-40-37-34-31-27-25-23-20-17-14-11-8-5-2/h16,19-20,23-24,26-27,31,55H,4-15,17-18,21-22,25,28-30,32-54H2,1-3H3/b19-16-,23-20-,26-24-,31-27-. The second kappa shape index (κ2) is 53.0. The number of unbranched alkanes of at least 4 members (excludes halogenated alkanes) is 31. The van der Waals surface area contributed by atoms with E-state index < -0.39 is 6.10 Å². The minimum absolute atomic E-state index is 0.0777. The molecule has 0 saturated heterocycles. The van der Waals surface area contributed by atoms with Crippen molar-refractivity contribution in [2.24, 2.45) is 0 Å². The fourth-order valence-corrected chi connectivity index (χ4v) is 7.86. The average molecular weight is 897 g/mol. The van der Waals surface area contributed by atoms with Gasteiger partial charge in [0.25, 0.3) is 0 Å². The summed E-state index contributed by atoms with van der Waals surface area (Å²) in [5.41, 5.74) is 0. The van der Waals surface area contributed by atoms with Gasteiger partial charge in [-0.1, -0.05) is 230 Å². The summed E-state index contributed by atoms with van der Waals surface area (Å²) >= 11 is 0. The van der Waals surface area contributed by atoms with Crippen LogP contribution in [0.1, 0.15) is 284 Å². The molecule has 372 valence electrons. The Hall–Kier alpha value is -2.63. The second-order valence-electron chi connectivity index (χ2n) is 18.5. The summed E-state index contributed by atoms with van der Waals surface area (Å²) < 4.78 is 16.8. The summed E-state index contributed by atoms with van der Waals surface area (Å²) in [6.45, 7) is 6.60. The lowest BCUT2D eigenvalue weighted by Crippen LogP contribution is -2.30. The molecule has 0 saturated carbocycles. The number of carbonyl (C=O) groups excluding carboxylic acids is 3. The monoisotopic (exact) mass is 897 g/mol. The van der Waals surface area contributed by atoms with Gasteiger partial charge in [0, 0.05) is 19.3 Å². The molecule has 6 heteroatoms.